The molecular weight excluding hydrogens is 242 g/mol. The zero-order chi connectivity index (χ0) is 13.6. The first kappa shape index (κ1) is 12.5. The van der Waals surface area contributed by atoms with Gasteiger partial charge in [-0.05, 0) is 44.4 Å². The monoisotopic (exact) mass is 261 g/mol. The van der Waals surface area contributed by atoms with Gasteiger partial charge in [0, 0.05) is 5.92 Å². The van der Waals surface area contributed by atoms with Gasteiger partial charge in [0.1, 0.15) is 11.9 Å². The molecule has 0 aromatic heterocycles. The second-order valence-corrected chi connectivity index (χ2v) is 5.55. The molecule has 3 rings (SSSR count). The first-order valence-electron chi connectivity index (χ1n) is 6.86. The Labute approximate surface area is 113 Å². The second-order valence-electron chi connectivity index (χ2n) is 5.55. The average Bonchev–Trinajstić information content (AvgIpc) is 3.20. The number of fused-ring (bicyclic) bond motifs is 1. The van der Waals surface area contributed by atoms with E-state index in [9.17, 15) is 9.90 Å². The number of hydrogen-bond donors (Lipinski definition) is 1. The summed E-state index contributed by atoms with van der Waals surface area (Å²) in [5.74, 6) is 1.12. The Kier molecular flexibility index (Phi) is 2.97. The molecule has 1 aromatic rings. The van der Waals surface area contributed by atoms with Crippen LogP contribution in [0.3, 0.4) is 0 Å². The van der Waals surface area contributed by atoms with Crippen LogP contribution in [0.1, 0.15) is 38.4 Å². The lowest BCUT2D eigenvalue weighted by Gasteiger charge is -2.34. The van der Waals surface area contributed by atoms with Crippen LogP contribution < -0.4 is 9.64 Å². The molecule has 0 radical (unpaired) electrons. The number of aliphatic hydroxyl groups excluding tert-OH is 1. The van der Waals surface area contributed by atoms with Gasteiger partial charge in [-0.15, -0.1) is 0 Å². The third-order valence-electron chi connectivity index (χ3n) is 3.72. The zero-order valence-electron chi connectivity index (χ0n) is 11.3. The highest BCUT2D eigenvalue weighted by Gasteiger charge is 2.37. The molecule has 1 fully saturated rings. The molecule has 1 heterocycles. The number of amides is 1. The molecule has 1 N–H and O–H groups in total. The van der Waals surface area contributed by atoms with Crippen LogP contribution in [0.15, 0.2) is 18.2 Å². The summed E-state index contributed by atoms with van der Waals surface area (Å²) in [5, 5.41) is 9.68. The lowest BCUT2D eigenvalue weighted by atomic mass is 10.1. The Morgan fingerprint density at radius 2 is 2.21 bits per heavy atom. The third-order valence-corrected chi connectivity index (χ3v) is 3.72. The number of benzene rings is 1. The summed E-state index contributed by atoms with van der Waals surface area (Å²) in [4.78, 5) is 14.2. The molecule has 2 aliphatic rings. The van der Waals surface area contributed by atoms with Crippen molar-refractivity contribution >= 4 is 11.6 Å². The molecule has 1 aliphatic heterocycles. The summed E-state index contributed by atoms with van der Waals surface area (Å²) in [6, 6.07) is 5.56. The predicted octanol–water partition coefficient (Wildman–Crippen LogP) is 2.26. The van der Waals surface area contributed by atoms with Gasteiger partial charge in [-0.3, -0.25) is 4.79 Å². The Balaban J connectivity index is 1.99. The van der Waals surface area contributed by atoms with Crippen molar-refractivity contribution < 1.29 is 14.6 Å². The van der Waals surface area contributed by atoms with Gasteiger partial charge in [-0.2, -0.15) is 0 Å². The molecule has 0 bridgehead atoms. The molecule has 0 spiro atoms. The number of nitrogens with zero attached hydrogens (tertiary/aromatic N) is 1. The summed E-state index contributed by atoms with van der Waals surface area (Å²) < 4.78 is 5.77. The number of rotatable bonds is 2. The quantitative estimate of drug-likeness (QED) is 0.888. The lowest BCUT2D eigenvalue weighted by Crippen LogP contribution is -2.43. The molecule has 2 atom stereocenters. The van der Waals surface area contributed by atoms with Gasteiger partial charge in [-0.1, -0.05) is 6.07 Å². The van der Waals surface area contributed by atoms with Crippen LogP contribution in [0.5, 0.6) is 5.75 Å². The molecular formula is C15H19NO3. The minimum absolute atomic E-state index is 0.00704. The fraction of sp³-hybridized carbons (Fsp3) is 0.533. The molecule has 1 aliphatic carbocycles. The number of hydrogen-bond acceptors (Lipinski definition) is 3. The number of aliphatic hydroxyl groups is 1. The number of carbonyl (C=O) groups is 1. The highest BCUT2D eigenvalue weighted by atomic mass is 16.5. The Hall–Kier alpha value is -1.55. The van der Waals surface area contributed by atoms with E-state index >= 15 is 0 Å². The summed E-state index contributed by atoms with van der Waals surface area (Å²) >= 11 is 0. The van der Waals surface area contributed by atoms with Crippen molar-refractivity contribution in [1.82, 2.24) is 0 Å². The maximum atomic E-state index is 12.4. The van der Waals surface area contributed by atoms with E-state index in [0.29, 0.717) is 6.54 Å². The van der Waals surface area contributed by atoms with Crippen LogP contribution >= 0.6 is 0 Å². The van der Waals surface area contributed by atoms with E-state index in [0.717, 1.165) is 29.8 Å². The van der Waals surface area contributed by atoms with E-state index in [1.54, 1.807) is 6.92 Å². The number of ether oxygens (including phenoxy) is 1. The number of carbonyl (C=O) groups excluding carboxylic acids is 1. The van der Waals surface area contributed by atoms with Gasteiger partial charge in [-0.25, -0.2) is 0 Å². The summed E-state index contributed by atoms with van der Waals surface area (Å²) in [5.41, 5.74) is 1.61. The Bertz CT molecular complexity index is 508. The molecule has 2 unspecified atom stereocenters. The Morgan fingerprint density at radius 1 is 1.47 bits per heavy atom. The fourth-order valence-corrected chi connectivity index (χ4v) is 2.47. The average molecular weight is 261 g/mol. The van der Waals surface area contributed by atoms with Crippen LogP contribution in [-0.2, 0) is 4.79 Å². The number of anilines is 1. The van der Waals surface area contributed by atoms with Gasteiger partial charge in [0.2, 0.25) is 5.91 Å². The van der Waals surface area contributed by atoms with E-state index in [-0.39, 0.29) is 17.9 Å². The molecule has 4 heteroatoms. The first-order valence-corrected chi connectivity index (χ1v) is 6.86. The minimum Gasteiger partial charge on any atom is -0.487 e. The van der Waals surface area contributed by atoms with Gasteiger partial charge >= 0.3 is 0 Å². The Morgan fingerprint density at radius 3 is 2.84 bits per heavy atom. The van der Waals surface area contributed by atoms with Crippen LogP contribution in [0.4, 0.5) is 5.69 Å². The SMILES string of the molecule is CC1CN(C(=O)C2CC2)c2cc(C(C)O)ccc2O1. The van der Waals surface area contributed by atoms with Gasteiger partial charge < -0.3 is 14.7 Å². The van der Waals surface area contributed by atoms with E-state index in [1.807, 2.05) is 30.0 Å². The highest BCUT2D eigenvalue weighted by molar-refractivity contribution is 5.98. The van der Waals surface area contributed by atoms with Crippen molar-refractivity contribution in [3.8, 4) is 5.75 Å². The predicted molar refractivity (Wildman–Crippen MR) is 72.2 cm³/mol. The standard InChI is InChI=1S/C15H19NO3/c1-9-8-16(15(18)11-3-4-11)13-7-12(10(2)17)5-6-14(13)19-9/h5-7,9-11,17H,3-4,8H2,1-2H3. The maximum absolute atomic E-state index is 12.4. The van der Waals surface area contributed by atoms with Crippen LogP contribution in [-0.4, -0.2) is 23.7 Å². The molecule has 19 heavy (non-hydrogen) atoms. The van der Waals surface area contributed by atoms with Crippen molar-refractivity contribution in [1.29, 1.82) is 0 Å². The third kappa shape index (κ3) is 2.32. The molecule has 4 nitrogen and oxygen atoms in total. The molecule has 1 aromatic carbocycles. The zero-order valence-corrected chi connectivity index (χ0v) is 11.3. The van der Waals surface area contributed by atoms with Crippen molar-refractivity contribution in [3.63, 3.8) is 0 Å². The summed E-state index contributed by atoms with van der Waals surface area (Å²) in [6.45, 7) is 4.28. The lowest BCUT2D eigenvalue weighted by molar-refractivity contribution is -0.120. The van der Waals surface area contributed by atoms with Gasteiger partial charge in [0.05, 0.1) is 18.3 Å². The highest BCUT2D eigenvalue weighted by Crippen LogP contribution is 2.39. The topological polar surface area (TPSA) is 49.8 Å². The largest absolute Gasteiger partial charge is 0.487 e. The van der Waals surface area contributed by atoms with Crippen LogP contribution in [0.2, 0.25) is 0 Å². The van der Waals surface area contributed by atoms with Crippen LogP contribution in [0, 0.1) is 5.92 Å². The molecule has 0 saturated heterocycles. The maximum Gasteiger partial charge on any atom is 0.230 e. The van der Waals surface area contributed by atoms with E-state index < -0.39 is 6.10 Å². The molecule has 1 saturated carbocycles. The second kappa shape index (κ2) is 4.53. The van der Waals surface area contributed by atoms with E-state index in [2.05, 4.69) is 0 Å². The minimum atomic E-state index is -0.539. The first-order chi connectivity index (χ1) is 9.06. The van der Waals surface area contributed by atoms with E-state index in [1.165, 1.54) is 0 Å². The van der Waals surface area contributed by atoms with Crippen molar-refractivity contribution in [2.75, 3.05) is 11.4 Å². The fourth-order valence-electron chi connectivity index (χ4n) is 2.47. The molecule has 102 valence electrons. The van der Waals surface area contributed by atoms with Gasteiger partial charge in [0.15, 0.2) is 0 Å². The summed E-state index contributed by atoms with van der Waals surface area (Å²) in [7, 11) is 0. The van der Waals surface area contributed by atoms with E-state index in [4.69, 9.17) is 4.74 Å². The van der Waals surface area contributed by atoms with Crippen molar-refractivity contribution in [3.05, 3.63) is 23.8 Å². The summed E-state index contributed by atoms with van der Waals surface area (Å²) in [6.07, 6.45) is 1.46. The van der Waals surface area contributed by atoms with Gasteiger partial charge in [0.25, 0.3) is 0 Å². The smallest absolute Gasteiger partial charge is 0.230 e. The van der Waals surface area contributed by atoms with Crippen LogP contribution in [0.25, 0.3) is 0 Å². The molecule has 1 amide bonds. The van der Waals surface area contributed by atoms with Crippen molar-refractivity contribution in [2.24, 2.45) is 5.92 Å². The normalized spacial score (nSPS) is 23.5. The van der Waals surface area contributed by atoms with Crippen molar-refractivity contribution in [2.45, 2.75) is 38.9 Å².